The molecule has 2 unspecified atom stereocenters. The van der Waals surface area contributed by atoms with E-state index in [9.17, 15) is 19.5 Å². The summed E-state index contributed by atoms with van der Waals surface area (Å²) in [5, 5.41) is 15.4. The fraction of sp³-hybridized carbons (Fsp3) is 0.857. The highest BCUT2D eigenvalue weighted by atomic mass is 32.2. The monoisotopic (exact) mass is 425 g/mol. The predicted molar refractivity (Wildman–Crippen MR) is 113 cm³/mol. The maximum atomic E-state index is 13.4. The van der Waals surface area contributed by atoms with Gasteiger partial charge in [-0.2, -0.15) is 0 Å². The quantitative estimate of drug-likeness (QED) is 0.433. The van der Waals surface area contributed by atoms with Crippen molar-refractivity contribution in [2.45, 2.75) is 74.8 Å². The summed E-state index contributed by atoms with van der Waals surface area (Å²) in [4.78, 5) is 41.2. The third-order valence-corrected chi connectivity index (χ3v) is 8.49. The molecule has 0 radical (unpaired) electrons. The van der Waals surface area contributed by atoms with E-state index < -0.39 is 16.7 Å². The molecule has 3 saturated heterocycles. The first kappa shape index (κ1) is 22.4. The molecule has 2 bridgehead atoms. The van der Waals surface area contributed by atoms with Crippen molar-refractivity contribution in [2.75, 3.05) is 26.2 Å². The summed E-state index contributed by atoms with van der Waals surface area (Å²) < 4.78 is -0.514. The Labute approximate surface area is 177 Å². The topological polar surface area (TPSA) is 98.7 Å². The Balaban J connectivity index is 1.84. The van der Waals surface area contributed by atoms with E-state index in [2.05, 4.69) is 17.6 Å². The van der Waals surface area contributed by atoms with Gasteiger partial charge in [0.05, 0.1) is 16.6 Å². The summed E-state index contributed by atoms with van der Waals surface area (Å²) in [7, 11) is 0. The molecule has 3 fully saturated rings. The first-order chi connectivity index (χ1) is 14.0. The molecule has 0 aromatic rings. The second-order valence-electron chi connectivity index (χ2n) is 8.45. The highest BCUT2D eigenvalue weighted by Gasteiger charge is 2.73. The van der Waals surface area contributed by atoms with Gasteiger partial charge in [0.15, 0.2) is 0 Å². The van der Waals surface area contributed by atoms with E-state index in [4.69, 9.17) is 0 Å². The molecule has 3 aliphatic rings. The number of likely N-dealkylation sites (tertiary alicyclic amines) is 1. The minimum absolute atomic E-state index is 0.0253. The SMILES string of the molecule is CCCCCNC(=O)C1N(CCCO)C(=O)[C@@H]2[C@H](C(=O)NCCC)[C@@H]3CCC12S3. The number of unbranched alkanes of at least 4 members (excludes halogenated alkanes) is 2. The Bertz CT molecular complexity index is 631. The smallest absolute Gasteiger partial charge is 0.244 e. The van der Waals surface area contributed by atoms with E-state index in [1.165, 1.54) is 0 Å². The van der Waals surface area contributed by atoms with Crippen molar-refractivity contribution in [3.8, 4) is 0 Å². The molecule has 8 heteroatoms. The highest BCUT2D eigenvalue weighted by molar-refractivity contribution is 8.02. The molecule has 3 rings (SSSR count). The van der Waals surface area contributed by atoms with Gasteiger partial charge in [0, 0.05) is 31.5 Å². The van der Waals surface area contributed by atoms with Gasteiger partial charge in [-0.05, 0) is 32.1 Å². The average Bonchev–Trinajstić information content (AvgIpc) is 3.35. The Morgan fingerprint density at radius 1 is 1.14 bits per heavy atom. The minimum Gasteiger partial charge on any atom is -0.396 e. The number of carbonyl (C=O) groups excluding carboxylic acids is 3. The number of hydrogen-bond acceptors (Lipinski definition) is 5. The minimum atomic E-state index is -0.549. The average molecular weight is 426 g/mol. The van der Waals surface area contributed by atoms with E-state index in [1.54, 1.807) is 16.7 Å². The maximum absolute atomic E-state index is 13.4. The van der Waals surface area contributed by atoms with Crippen LogP contribution in [-0.2, 0) is 14.4 Å². The molecule has 0 aromatic heterocycles. The standard InChI is InChI=1S/C21H35N3O4S/c1-3-5-6-11-23-19(27)17-21-9-8-14(29-21)15(18(26)22-10-4-2)16(21)20(28)24(17)12-7-13-25/h14-17,25H,3-13H2,1-2H3,(H,22,26)(H,23,27)/t14-,15+,16-,17?,21?/m0/s1. The Hall–Kier alpha value is -1.28. The number of nitrogens with zero attached hydrogens (tertiary/aromatic N) is 1. The zero-order valence-electron chi connectivity index (χ0n) is 17.6. The molecule has 7 nitrogen and oxygen atoms in total. The number of aliphatic hydroxyl groups is 1. The Morgan fingerprint density at radius 2 is 1.90 bits per heavy atom. The van der Waals surface area contributed by atoms with Gasteiger partial charge in [0.25, 0.3) is 0 Å². The van der Waals surface area contributed by atoms with E-state index in [0.29, 0.717) is 26.1 Å². The van der Waals surface area contributed by atoms with E-state index in [-0.39, 0.29) is 35.5 Å². The van der Waals surface area contributed by atoms with Crippen molar-refractivity contribution >= 4 is 29.5 Å². The molecule has 1 spiro atoms. The Morgan fingerprint density at radius 3 is 2.59 bits per heavy atom. The van der Waals surface area contributed by atoms with Crippen LogP contribution in [-0.4, -0.2) is 70.0 Å². The van der Waals surface area contributed by atoms with Crippen LogP contribution in [0.3, 0.4) is 0 Å². The summed E-state index contributed by atoms with van der Waals surface area (Å²) in [6.07, 6.45) is 6.01. The van der Waals surface area contributed by atoms with Crippen LogP contribution in [0.1, 0.15) is 58.8 Å². The lowest BCUT2D eigenvalue weighted by Gasteiger charge is -2.34. The van der Waals surface area contributed by atoms with Gasteiger partial charge in [-0.1, -0.05) is 26.7 Å². The molecule has 0 saturated carbocycles. The van der Waals surface area contributed by atoms with E-state index >= 15 is 0 Å². The maximum Gasteiger partial charge on any atom is 0.244 e. The van der Waals surface area contributed by atoms with E-state index in [1.807, 2.05) is 6.92 Å². The van der Waals surface area contributed by atoms with Gasteiger partial charge in [0.1, 0.15) is 6.04 Å². The number of thioether (sulfide) groups is 1. The predicted octanol–water partition coefficient (Wildman–Crippen LogP) is 1.29. The first-order valence-corrected chi connectivity index (χ1v) is 12.0. The van der Waals surface area contributed by atoms with Gasteiger partial charge in [-0.25, -0.2) is 0 Å². The third kappa shape index (κ3) is 4.02. The summed E-state index contributed by atoms with van der Waals surface area (Å²) in [6, 6.07) is -0.549. The zero-order chi connectivity index (χ0) is 21.0. The number of aliphatic hydroxyl groups excluding tert-OH is 1. The van der Waals surface area contributed by atoms with E-state index in [0.717, 1.165) is 38.5 Å². The van der Waals surface area contributed by atoms with Crippen molar-refractivity contribution in [2.24, 2.45) is 11.8 Å². The molecule has 3 amide bonds. The number of nitrogens with one attached hydrogen (secondary N) is 2. The summed E-state index contributed by atoms with van der Waals surface area (Å²) in [5.41, 5.74) is 0. The zero-order valence-corrected chi connectivity index (χ0v) is 18.4. The number of amides is 3. The van der Waals surface area contributed by atoms with Crippen LogP contribution in [0.5, 0.6) is 0 Å². The summed E-state index contributed by atoms with van der Waals surface area (Å²) in [6.45, 7) is 5.68. The number of carbonyl (C=O) groups is 3. The van der Waals surface area contributed by atoms with Gasteiger partial charge in [-0.15, -0.1) is 11.8 Å². The molecule has 5 atom stereocenters. The molecule has 0 aromatic carbocycles. The third-order valence-electron chi connectivity index (χ3n) is 6.54. The number of fused-ring (bicyclic) bond motifs is 1. The fourth-order valence-corrected chi connectivity index (χ4v) is 7.50. The van der Waals surface area contributed by atoms with Crippen molar-refractivity contribution < 1.29 is 19.5 Å². The first-order valence-electron chi connectivity index (χ1n) is 11.2. The van der Waals surface area contributed by atoms with Crippen LogP contribution >= 0.6 is 11.8 Å². The largest absolute Gasteiger partial charge is 0.396 e. The van der Waals surface area contributed by atoms with Crippen LogP contribution in [0.4, 0.5) is 0 Å². The lowest BCUT2D eigenvalue weighted by atomic mass is 9.70. The van der Waals surface area contributed by atoms with Crippen molar-refractivity contribution in [1.29, 1.82) is 0 Å². The van der Waals surface area contributed by atoms with Gasteiger partial charge >= 0.3 is 0 Å². The molecule has 3 heterocycles. The lowest BCUT2D eigenvalue weighted by Crippen LogP contribution is -2.54. The van der Waals surface area contributed by atoms with Crippen molar-refractivity contribution in [3.63, 3.8) is 0 Å². The molecule has 3 aliphatic heterocycles. The van der Waals surface area contributed by atoms with Gasteiger partial charge < -0.3 is 20.6 Å². The highest BCUT2D eigenvalue weighted by Crippen LogP contribution is 2.66. The van der Waals surface area contributed by atoms with Crippen molar-refractivity contribution in [1.82, 2.24) is 15.5 Å². The van der Waals surface area contributed by atoms with Crippen molar-refractivity contribution in [3.05, 3.63) is 0 Å². The molecule has 29 heavy (non-hydrogen) atoms. The molecule has 0 aliphatic carbocycles. The van der Waals surface area contributed by atoms with Crippen LogP contribution in [0.2, 0.25) is 0 Å². The Kier molecular flexibility index (Phi) is 7.48. The van der Waals surface area contributed by atoms with Crippen LogP contribution in [0, 0.1) is 11.8 Å². The van der Waals surface area contributed by atoms with Gasteiger partial charge in [0.2, 0.25) is 17.7 Å². The van der Waals surface area contributed by atoms with Crippen LogP contribution in [0.25, 0.3) is 0 Å². The number of hydrogen-bond donors (Lipinski definition) is 3. The molecular formula is C21H35N3O4S. The summed E-state index contributed by atoms with van der Waals surface area (Å²) >= 11 is 1.69. The van der Waals surface area contributed by atoms with Gasteiger partial charge in [-0.3, -0.25) is 14.4 Å². The molecule has 164 valence electrons. The second kappa shape index (κ2) is 9.69. The van der Waals surface area contributed by atoms with Crippen LogP contribution < -0.4 is 10.6 Å². The lowest BCUT2D eigenvalue weighted by molar-refractivity contribution is -0.140. The number of rotatable bonds is 11. The summed E-state index contributed by atoms with van der Waals surface area (Å²) in [5.74, 6) is -1.03. The second-order valence-corrected chi connectivity index (χ2v) is 10.1. The van der Waals surface area contributed by atoms with Crippen LogP contribution in [0.15, 0.2) is 0 Å². The molecular weight excluding hydrogens is 390 g/mol. The normalized spacial score (nSPS) is 32.5. The molecule has 3 N–H and O–H groups in total. The fourth-order valence-electron chi connectivity index (χ4n) is 5.28.